The molecule has 104 valence electrons. The highest BCUT2D eigenvalue weighted by atomic mass is 32.2. The number of benzene rings is 1. The predicted octanol–water partition coefficient (Wildman–Crippen LogP) is 2.77. The van der Waals surface area contributed by atoms with Crippen molar-refractivity contribution in [3.63, 3.8) is 0 Å². The molecule has 1 atom stereocenters. The predicted molar refractivity (Wildman–Crippen MR) is 81.8 cm³/mol. The van der Waals surface area contributed by atoms with Gasteiger partial charge in [0.1, 0.15) is 13.2 Å². The lowest BCUT2D eigenvalue weighted by Gasteiger charge is -2.21. The average Bonchev–Trinajstić information content (AvgIpc) is 2.97. The minimum Gasteiger partial charge on any atom is -0.486 e. The van der Waals surface area contributed by atoms with E-state index in [1.54, 1.807) is 11.8 Å². The molecule has 0 spiro atoms. The highest BCUT2D eigenvalue weighted by Crippen LogP contribution is 2.36. The first-order valence-corrected chi connectivity index (χ1v) is 9.02. The van der Waals surface area contributed by atoms with Crippen LogP contribution in [-0.2, 0) is 6.54 Å². The molecule has 0 aliphatic carbocycles. The largest absolute Gasteiger partial charge is 0.486 e. The molecule has 2 heterocycles. The van der Waals surface area contributed by atoms with E-state index in [2.05, 4.69) is 23.7 Å². The maximum Gasteiger partial charge on any atom is 0.162 e. The van der Waals surface area contributed by atoms with E-state index in [-0.39, 0.29) is 0 Å². The minimum absolute atomic E-state index is 0.651. The summed E-state index contributed by atoms with van der Waals surface area (Å²) in [7, 11) is 0. The lowest BCUT2D eigenvalue weighted by atomic mass is 10.1. The Morgan fingerprint density at radius 2 is 2.11 bits per heavy atom. The van der Waals surface area contributed by atoms with E-state index in [0.717, 1.165) is 18.0 Å². The first-order valence-electron chi connectivity index (χ1n) is 6.64. The first-order chi connectivity index (χ1) is 9.36. The van der Waals surface area contributed by atoms with Gasteiger partial charge in [0.2, 0.25) is 0 Å². The molecule has 19 heavy (non-hydrogen) atoms. The molecule has 1 N–H and O–H groups in total. The molecule has 2 aliphatic rings. The van der Waals surface area contributed by atoms with Crippen molar-refractivity contribution in [1.29, 1.82) is 0 Å². The van der Waals surface area contributed by atoms with E-state index in [1.165, 1.54) is 28.4 Å². The average molecular weight is 297 g/mol. The fourth-order valence-corrected chi connectivity index (χ4v) is 4.20. The van der Waals surface area contributed by atoms with Gasteiger partial charge in [-0.3, -0.25) is 0 Å². The Morgan fingerprint density at radius 1 is 1.32 bits per heavy atom. The number of hydrogen-bond donors (Lipinski definition) is 1. The van der Waals surface area contributed by atoms with Crippen LogP contribution >= 0.6 is 23.5 Å². The molecule has 0 aromatic heterocycles. The first kappa shape index (κ1) is 13.5. The third-order valence-electron chi connectivity index (χ3n) is 3.46. The zero-order chi connectivity index (χ0) is 13.1. The maximum atomic E-state index is 5.67. The molecule has 0 amide bonds. The molecule has 3 nitrogen and oxygen atoms in total. The Balaban J connectivity index is 1.74. The van der Waals surface area contributed by atoms with Gasteiger partial charge in [-0.2, -0.15) is 11.8 Å². The second-order valence-electron chi connectivity index (χ2n) is 4.75. The van der Waals surface area contributed by atoms with E-state index in [1.807, 2.05) is 11.8 Å². The van der Waals surface area contributed by atoms with E-state index >= 15 is 0 Å². The van der Waals surface area contributed by atoms with Crippen molar-refractivity contribution in [2.75, 3.05) is 31.0 Å². The molecule has 2 aliphatic heterocycles. The third-order valence-corrected chi connectivity index (χ3v) is 5.44. The van der Waals surface area contributed by atoms with Gasteiger partial charge < -0.3 is 14.8 Å². The number of hydrogen-bond acceptors (Lipinski definition) is 5. The van der Waals surface area contributed by atoms with E-state index in [9.17, 15) is 0 Å². The van der Waals surface area contributed by atoms with Crippen LogP contribution in [0, 0.1) is 0 Å². The van der Waals surface area contributed by atoms with E-state index < -0.39 is 0 Å². The van der Waals surface area contributed by atoms with Gasteiger partial charge in [0.15, 0.2) is 11.5 Å². The zero-order valence-corrected chi connectivity index (χ0v) is 12.7. The van der Waals surface area contributed by atoms with Gasteiger partial charge in [-0.1, -0.05) is 0 Å². The third kappa shape index (κ3) is 3.15. The summed E-state index contributed by atoms with van der Waals surface area (Å²) in [5.74, 6) is 4.30. The van der Waals surface area contributed by atoms with Crippen molar-refractivity contribution in [3.05, 3.63) is 17.7 Å². The highest BCUT2D eigenvalue weighted by Gasteiger charge is 2.18. The van der Waals surface area contributed by atoms with Crippen LogP contribution in [0.2, 0.25) is 0 Å². The molecule has 0 radical (unpaired) electrons. The van der Waals surface area contributed by atoms with Crippen LogP contribution in [0.15, 0.2) is 17.0 Å². The quantitative estimate of drug-likeness (QED) is 0.864. The van der Waals surface area contributed by atoms with Gasteiger partial charge >= 0.3 is 0 Å². The van der Waals surface area contributed by atoms with Crippen molar-refractivity contribution >= 4 is 23.5 Å². The van der Waals surface area contributed by atoms with Crippen LogP contribution in [0.25, 0.3) is 0 Å². The van der Waals surface area contributed by atoms with Crippen LogP contribution < -0.4 is 14.8 Å². The van der Waals surface area contributed by atoms with Crippen molar-refractivity contribution in [1.82, 2.24) is 5.32 Å². The molecular weight excluding hydrogens is 278 g/mol. The summed E-state index contributed by atoms with van der Waals surface area (Å²) in [6.07, 6.45) is 3.39. The lowest BCUT2D eigenvalue weighted by Crippen LogP contribution is -2.28. The number of thioether (sulfide) groups is 2. The SMILES string of the molecule is CSc1cc2c(cc1CNC1CCSC1)OCCO2. The molecule has 0 bridgehead atoms. The van der Waals surface area contributed by atoms with E-state index in [4.69, 9.17) is 9.47 Å². The van der Waals surface area contributed by atoms with Gasteiger partial charge in [-0.15, -0.1) is 11.8 Å². The molecule has 0 saturated carbocycles. The van der Waals surface area contributed by atoms with Crippen LogP contribution in [0.3, 0.4) is 0 Å². The normalized spacial score (nSPS) is 21.6. The number of ether oxygens (including phenoxy) is 2. The van der Waals surface area contributed by atoms with Gasteiger partial charge in [0.25, 0.3) is 0 Å². The summed E-state index contributed by atoms with van der Waals surface area (Å²) >= 11 is 3.81. The zero-order valence-electron chi connectivity index (χ0n) is 11.1. The van der Waals surface area contributed by atoms with Crippen LogP contribution in [0.1, 0.15) is 12.0 Å². The van der Waals surface area contributed by atoms with Crippen molar-refractivity contribution in [2.45, 2.75) is 23.9 Å². The van der Waals surface area contributed by atoms with E-state index in [0.29, 0.717) is 19.3 Å². The fourth-order valence-electron chi connectivity index (χ4n) is 2.39. The standard InChI is InChI=1S/C14H19NO2S2/c1-18-14-7-13-12(16-3-4-17-13)6-10(14)8-15-11-2-5-19-9-11/h6-7,11,15H,2-5,8-9H2,1H3. The smallest absolute Gasteiger partial charge is 0.162 e. The Hall–Kier alpha value is -0.520. The second kappa shape index (κ2) is 6.29. The summed E-state index contributed by atoms with van der Waals surface area (Å²) in [6, 6.07) is 4.91. The summed E-state index contributed by atoms with van der Waals surface area (Å²) < 4.78 is 11.3. The summed E-state index contributed by atoms with van der Waals surface area (Å²) in [5.41, 5.74) is 1.31. The van der Waals surface area contributed by atoms with Crippen LogP contribution in [0.4, 0.5) is 0 Å². The van der Waals surface area contributed by atoms with Crippen LogP contribution in [0.5, 0.6) is 11.5 Å². The molecule has 1 saturated heterocycles. The van der Waals surface area contributed by atoms with Crippen molar-refractivity contribution in [3.8, 4) is 11.5 Å². The highest BCUT2D eigenvalue weighted by molar-refractivity contribution is 7.99. The molecule has 1 unspecified atom stereocenters. The maximum absolute atomic E-state index is 5.67. The van der Waals surface area contributed by atoms with Gasteiger partial charge in [0, 0.05) is 23.2 Å². The van der Waals surface area contributed by atoms with Crippen LogP contribution in [-0.4, -0.2) is 37.0 Å². The fraction of sp³-hybridized carbons (Fsp3) is 0.571. The topological polar surface area (TPSA) is 30.5 Å². The monoisotopic (exact) mass is 297 g/mol. The summed E-state index contributed by atoms with van der Waals surface area (Å²) in [4.78, 5) is 1.28. The Labute approximate surface area is 122 Å². The molecule has 1 fully saturated rings. The van der Waals surface area contributed by atoms with Gasteiger partial charge in [-0.25, -0.2) is 0 Å². The molecule has 1 aromatic carbocycles. The van der Waals surface area contributed by atoms with Gasteiger partial charge in [-0.05, 0) is 36.1 Å². The molecule has 1 aromatic rings. The molecule has 3 rings (SSSR count). The summed E-state index contributed by atoms with van der Waals surface area (Å²) in [6.45, 7) is 2.22. The van der Waals surface area contributed by atoms with Gasteiger partial charge in [0.05, 0.1) is 0 Å². The number of nitrogens with one attached hydrogen (secondary N) is 1. The Kier molecular flexibility index (Phi) is 4.45. The number of rotatable bonds is 4. The second-order valence-corrected chi connectivity index (χ2v) is 6.75. The molecular formula is C14H19NO2S2. The Morgan fingerprint density at radius 3 is 2.79 bits per heavy atom. The minimum atomic E-state index is 0.651. The summed E-state index contributed by atoms with van der Waals surface area (Å²) in [5, 5.41) is 3.65. The Bertz CT molecular complexity index is 447. The van der Waals surface area contributed by atoms with Crippen molar-refractivity contribution < 1.29 is 9.47 Å². The van der Waals surface area contributed by atoms with Crippen molar-refractivity contribution in [2.24, 2.45) is 0 Å². The molecule has 5 heteroatoms. The number of fused-ring (bicyclic) bond motifs is 1. The lowest BCUT2D eigenvalue weighted by molar-refractivity contribution is 0.171.